The quantitative estimate of drug-likeness (QED) is 0.593. The van der Waals surface area contributed by atoms with E-state index in [1.54, 1.807) is 12.1 Å². The van der Waals surface area contributed by atoms with Gasteiger partial charge in [-0.25, -0.2) is 0 Å². The normalized spacial score (nSPS) is 11.1. The number of rotatable bonds is 3. The largest absolute Gasteiger partial charge is 0.435 e. The van der Waals surface area contributed by atoms with Gasteiger partial charge >= 0.3 is 6.61 Å². The fourth-order valence-corrected chi connectivity index (χ4v) is 1.92. The van der Waals surface area contributed by atoms with Crippen molar-refractivity contribution < 1.29 is 13.5 Å². The van der Waals surface area contributed by atoms with E-state index < -0.39 is 14.7 Å². The van der Waals surface area contributed by atoms with Crippen molar-refractivity contribution in [1.29, 1.82) is 0 Å². The molecule has 1 aromatic carbocycles. The van der Waals surface area contributed by atoms with Crippen LogP contribution in [0.25, 0.3) is 0 Å². The Kier molecular flexibility index (Phi) is 4.91. The highest BCUT2D eigenvalue weighted by molar-refractivity contribution is 6.83. The molecule has 0 heterocycles. The summed E-state index contributed by atoms with van der Waals surface area (Å²) in [6.07, 6.45) is 0.643. The molecule has 0 radical (unpaired) electrons. The minimum atomic E-state index is -2.78. The van der Waals surface area contributed by atoms with Crippen LogP contribution in [0.4, 0.5) is 8.78 Å². The van der Waals surface area contributed by atoms with Crippen LogP contribution in [-0.4, -0.2) is 14.7 Å². The van der Waals surface area contributed by atoms with Gasteiger partial charge in [0.2, 0.25) is 0 Å². The third-order valence-corrected chi connectivity index (χ3v) is 3.11. The molecule has 0 fully saturated rings. The minimum absolute atomic E-state index is 0.242. The van der Waals surface area contributed by atoms with E-state index in [2.05, 4.69) is 35.8 Å². The first-order valence-corrected chi connectivity index (χ1v) is 9.42. The van der Waals surface area contributed by atoms with Crippen LogP contribution < -0.4 is 4.74 Å². The molecule has 0 aliphatic rings. The number of benzene rings is 1. The van der Waals surface area contributed by atoms with Crippen LogP contribution in [0.15, 0.2) is 18.2 Å². The van der Waals surface area contributed by atoms with Crippen molar-refractivity contribution >= 4 is 8.07 Å². The first kappa shape index (κ1) is 14.7. The van der Waals surface area contributed by atoms with Crippen molar-refractivity contribution in [3.63, 3.8) is 0 Å². The molecule has 1 aromatic rings. The maximum Gasteiger partial charge on any atom is 0.387 e. The number of hydrogen-bond donors (Lipinski definition) is 0. The van der Waals surface area contributed by atoms with Gasteiger partial charge in [0.15, 0.2) is 0 Å². The molecular weight excluding hydrogens is 250 g/mol. The summed E-state index contributed by atoms with van der Waals surface area (Å²) < 4.78 is 28.9. The predicted octanol–water partition coefficient (Wildman–Crippen LogP) is 4.08. The predicted molar refractivity (Wildman–Crippen MR) is 72.7 cm³/mol. The van der Waals surface area contributed by atoms with E-state index in [1.807, 2.05) is 13.0 Å². The van der Waals surface area contributed by atoms with Gasteiger partial charge in [0, 0.05) is 5.56 Å². The monoisotopic (exact) mass is 268 g/mol. The second-order valence-electron chi connectivity index (χ2n) is 5.05. The van der Waals surface area contributed by atoms with Gasteiger partial charge in [-0.2, -0.15) is 8.78 Å². The average Bonchev–Trinajstić information content (AvgIpc) is 2.26. The zero-order valence-corrected chi connectivity index (χ0v) is 12.2. The Labute approximate surface area is 108 Å². The molecule has 0 amide bonds. The average molecular weight is 268 g/mol. The smallest absolute Gasteiger partial charge is 0.387 e. The summed E-state index contributed by atoms with van der Waals surface area (Å²) >= 11 is 0. The highest BCUT2D eigenvalue weighted by atomic mass is 28.3. The van der Waals surface area contributed by atoms with Crippen LogP contribution in [0.1, 0.15) is 18.1 Å². The zero-order valence-electron chi connectivity index (χ0n) is 11.2. The molecule has 0 spiro atoms. The third kappa shape index (κ3) is 4.88. The molecule has 0 unspecified atom stereocenters. The molecule has 1 nitrogen and oxygen atoms in total. The molecule has 0 atom stereocenters. The number of ether oxygens (including phenoxy) is 1. The van der Waals surface area contributed by atoms with E-state index in [9.17, 15) is 8.78 Å². The summed E-state index contributed by atoms with van der Waals surface area (Å²) in [6, 6.07) is 5.12. The molecule has 0 bridgehead atoms. The third-order valence-electron chi connectivity index (χ3n) is 2.24. The van der Waals surface area contributed by atoms with Crippen molar-refractivity contribution in [3.05, 3.63) is 29.3 Å². The van der Waals surface area contributed by atoms with Crippen LogP contribution in [0.3, 0.4) is 0 Å². The maximum absolute atomic E-state index is 12.2. The lowest BCUT2D eigenvalue weighted by molar-refractivity contribution is -0.0504. The number of halogens is 2. The van der Waals surface area contributed by atoms with Gasteiger partial charge in [0.1, 0.15) is 13.8 Å². The van der Waals surface area contributed by atoms with Crippen molar-refractivity contribution in [2.45, 2.75) is 39.6 Å². The molecule has 0 saturated carbocycles. The zero-order chi connectivity index (χ0) is 13.8. The molecule has 98 valence electrons. The summed E-state index contributed by atoms with van der Waals surface area (Å²) in [5.41, 5.74) is 4.87. The summed E-state index contributed by atoms with van der Waals surface area (Å²) in [6.45, 7) is 5.61. The lowest BCUT2D eigenvalue weighted by Gasteiger charge is -2.09. The van der Waals surface area contributed by atoms with E-state index in [-0.39, 0.29) is 5.75 Å². The molecule has 0 aliphatic heterocycles. The van der Waals surface area contributed by atoms with Gasteiger partial charge in [0.05, 0.1) is 0 Å². The summed E-state index contributed by atoms with van der Waals surface area (Å²) in [7, 11) is -1.42. The lowest BCUT2D eigenvalue weighted by Crippen LogP contribution is -2.16. The molecule has 4 heteroatoms. The fourth-order valence-electron chi connectivity index (χ4n) is 1.40. The Morgan fingerprint density at radius 2 is 1.94 bits per heavy atom. The van der Waals surface area contributed by atoms with Gasteiger partial charge in [-0.05, 0) is 30.2 Å². The summed E-state index contributed by atoms with van der Waals surface area (Å²) in [4.78, 5) is 0. The van der Waals surface area contributed by atoms with Crippen molar-refractivity contribution in [3.8, 4) is 17.2 Å². The molecule has 0 aromatic heterocycles. The van der Waals surface area contributed by atoms with Crippen LogP contribution >= 0.6 is 0 Å². The standard InChI is InChI=1S/C14H18F2OSi/c1-5-12-10-11(8-9-18(2,3)4)6-7-13(12)17-14(15)16/h6-7,10,14H,5H2,1-4H3. The molecular formula is C14H18F2OSi. The Balaban J connectivity index is 3.01. The second kappa shape index (κ2) is 6.01. The fraction of sp³-hybridized carbons (Fsp3) is 0.429. The molecule has 1 rings (SSSR count). The van der Waals surface area contributed by atoms with E-state index in [0.717, 1.165) is 11.1 Å². The van der Waals surface area contributed by atoms with E-state index >= 15 is 0 Å². The van der Waals surface area contributed by atoms with Gasteiger partial charge in [0.25, 0.3) is 0 Å². The molecule has 0 N–H and O–H groups in total. The second-order valence-corrected chi connectivity index (χ2v) is 9.80. The number of hydrogen-bond acceptors (Lipinski definition) is 1. The van der Waals surface area contributed by atoms with Gasteiger partial charge in [-0.15, -0.1) is 5.54 Å². The number of alkyl halides is 2. The maximum atomic E-state index is 12.2. The first-order valence-electron chi connectivity index (χ1n) is 5.92. The van der Waals surface area contributed by atoms with Crippen molar-refractivity contribution in [2.24, 2.45) is 0 Å². The van der Waals surface area contributed by atoms with Gasteiger partial charge in [-0.3, -0.25) is 0 Å². The summed E-state index contributed by atoms with van der Waals surface area (Å²) in [5.74, 6) is 3.35. The van der Waals surface area contributed by atoms with Crippen LogP contribution in [0.2, 0.25) is 19.6 Å². The molecule has 0 aliphatic carbocycles. The van der Waals surface area contributed by atoms with E-state index in [4.69, 9.17) is 0 Å². The van der Waals surface area contributed by atoms with Crippen LogP contribution in [0.5, 0.6) is 5.75 Å². The Hall–Kier alpha value is -1.34. The van der Waals surface area contributed by atoms with E-state index in [0.29, 0.717) is 6.42 Å². The topological polar surface area (TPSA) is 9.23 Å². The van der Waals surface area contributed by atoms with E-state index in [1.165, 1.54) is 0 Å². The van der Waals surface area contributed by atoms with Crippen LogP contribution in [-0.2, 0) is 6.42 Å². The first-order chi connectivity index (χ1) is 8.31. The Morgan fingerprint density at radius 1 is 1.28 bits per heavy atom. The minimum Gasteiger partial charge on any atom is -0.435 e. The Bertz CT molecular complexity index is 467. The van der Waals surface area contributed by atoms with Gasteiger partial charge in [-0.1, -0.05) is 32.5 Å². The highest BCUT2D eigenvalue weighted by Crippen LogP contribution is 2.22. The SMILES string of the molecule is CCc1cc(C#C[Si](C)(C)C)ccc1OC(F)F. The highest BCUT2D eigenvalue weighted by Gasteiger charge is 2.10. The Morgan fingerprint density at radius 3 is 2.44 bits per heavy atom. The van der Waals surface area contributed by atoms with Crippen molar-refractivity contribution in [2.75, 3.05) is 0 Å². The summed E-state index contributed by atoms with van der Waals surface area (Å²) in [5, 5.41) is 0. The lowest BCUT2D eigenvalue weighted by atomic mass is 10.1. The molecule has 18 heavy (non-hydrogen) atoms. The van der Waals surface area contributed by atoms with Crippen LogP contribution in [0, 0.1) is 11.5 Å². The van der Waals surface area contributed by atoms with Crippen molar-refractivity contribution in [1.82, 2.24) is 0 Å². The number of aryl methyl sites for hydroxylation is 1. The molecule has 0 saturated heterocycles. The van der Waals surface area contributed by atoms with Gasteiger partial charge < -0.3 is 4.74 Å².